The average molecular weight is 602 g/mol. The summed E-state index contributed by atoms with van der Waals surface area (Å²) in [5, 5.41) is 1.05. The van der Waals surface area contributed by atoms with Crippen molar-refractivity contribution in [1.82, 2.24) is 9.55 Å². The number of rotatable bonds is 9. The molecule has 0 aliphatic carbocycles. The number of hydrogen-bond donors (Lipinski definition) is 0. The molecular formula is C34H27Cl2FN2O3. The fraction of sp³-hybridized carbons (Fsp3) is 0.118. The van der Waals surface area contributed by atoms with Crippen LogP contribution in [0.25, 0.3) is 34.5 Å². The van der Waals surface area contributed by atoms with Gasteiger partial charge in [-0.1, -0.05) is 77.8 Å². The van der Waals surface area contributed by atoms with Crippen molar-refractivity contribution >= 4 is 41.3 Å². The van der Waals surface area contributed by atoms with E-state index in [2.05, 4.69) is 0 Å². The Labute approximate surface area is 253 Å². The molecular weight excluding hydrogens is 574 g/mol. The number of methoxy groups -OCH3 is 1. The number of carbonyl (C=O) groups excluding carboxylic acids is 1. The first-order valence-corrected chi connectivity index (χ1v) is 14.0. The Morgan fingerprint density at radius 2 is 1.69 bits per heavy atom. The quantitative estimate of drug-likeness (QED) is 0.158. The van der Waals surface area contributed by atoms with Gasteiger partial charge in [0.05, 0.1) is 23.4 Å². The van der Waals surface area contributed by atoms with Crippen LogP contribution in [0.5, 0.6) is 5.75 Å². The molecule has 0 saturated heterocycles. The van der Waals surface area contributed by atoms with E-state index in [9.17, 15) is 4.79 Å². The Morgan fingerprint density at radius 1 is 0.952 bits per heavy atom. The topological polar surface area (TPSA) is 53.4 Å². The van der Waals surface area contributed by atoms with Gasteiger partial charge in [0.15, 0.2) is 11.6 Å². The van der Waals surface area contributed by atoms with E-state index in [0.717, 1.165) is 16.7 Å². The zero-order valence-corrected chi connectivity index (χ0v) is 24.5. The maximum atomic E-state index is 16.0. The van der Waals surface area contributed by atoms with Crippen LogP contribution < -0.4 is 4.74 Å². The minimum Gasteiger partial charge on any atom is -0.485 e. The van der Waals surface area contributed by atoms with E-state index in [0.29, 0.717) is 44.8 Å². The molecule has 0 aliphatic rings. The first-order chi connectivity index (χ1) is 20.4. The summed E-state index contributed by atoms with van der Waals surface area (Å²) in [6.07, 6.45) is 5.53. The van der Waals surface area contributed by atoms with Crippen LogP contribution in [-0.2, 0) is 17.9 Å². The highest BCUT2D eigenvalue weighted by Gasteiger charge is 2.17. The van der Waals surface area contributed by atoms with E-state index >= 15 is 4.39 Å². The second-order valence-corrected chi connectivity index (χ2v) is 10.3. The van der Waals surface area contributed by atoms with Crippen molar-refractivity contribution in [3.8, 4) is 28.1 Å². The van der Waals surface area contributed by atoms with Crippen molar-refractivity contribution in [2.45, 2.75) is 20.1 Å². The number of carbonyl (C=O) groups is 1. The lowest BCUT2D eigenvalue weighted by atomic mass is 10.0. The standard InChI is InChI=1S/C34H27Cl2FN2O3/c1-3-39-20-30(28-17-15-26(35)19-29(28)36)38-31(39)18-14-24-13-16-27(23-7-5-4-6-8-23)32(37)33(24)42-21-22-9-11-25(12-10-22)34(40)41-2/h4-20H,3,21H2,1-2H3/b18-14+. The van der Waals surface area contributed by atoms with Gasteiger partial charge in [0.25, 0.3) is 0 Å². The summed E-state index contributed by atoms with van der Waals surface area (Å²) < 4.78 is 28.9. The Kier molecular flexibility index (Phi) is 9.06. The second-order valence-electron chi connectivity index (χ2n) is 9.42. The molecule has 0 spiro atoms. The van der Waals surface area contributed by atoms with Gasteiger partial charge in [0, 0.05) is 34.5 Å². The normalized spacial score (nSPS) is 11.2. The molecule has 0 bridgehead atoms. The van der Waals surface area contributed by atoms with Crippen LogP contribution in [0.1, 0.15) is 34.2 Å². The minimum atomic E-state index is -0.470. The number of halogens is 3. The SMILES string of the molecule is CCn1cc(-c2ccc(Cl)cc2Cl)nc1/C=C/c1ccc(-c2ccccc2)c(F)c1OCc1ccc(C(=O)OC)cc1. The smallest absolute Gasteiger partial charge is 0.337 e. The molecule has 5 rings (SSSR count). The van der Waals surface area contributed by atoms with Crippen LogP contribution in [0.4, 0.5) is 4.39 Å². The van der Waals surface area contributed by atoms with Gasteiger partial charge in [-0.2, -0.15) is 0 Å². The predicted octanol–water partition coefficient (Wildman–Crippen LogP) is 9.22. The first-order valence-electron chi connectivity index (χ1n) is 13.3. The number of benzene rings is 4. The molecule has 1 aromatic heterocycles. The molecule has 0 N–H and O–H groups in total. The lowest BCUT2D eigenvalue weighted by molar-refractivity contribution is 0.0600. The summed E-state index contributed by atoms with van der Waals surface area (Å²) in [5.74, 6) is -0.110. The number of imidazole rings is 1. The lowest BCUT2D eigenvalue weighted by Gasteiger charge is -2.14. The molecule has 212 valence electrons. The van der Waals surface area contributed by atoms with Gasteiger partial charge in [0.1, 0.15) is 12.4 Å². The van der Waals surface area contributed by atoms with Gasteiger partial charge >= 0.3 is 5.97 Å². The summed E-state index contributed by atoms with van der Waals surface area (Å²) in [6.45, 7) is 2.78. The first kappa shape index (κ1) is 29.1. The highest BCUT2D eigenvalue weighted by atomic mass is 35.5. The number of hydrogen-bond acceptors (Lipinski definition) is 4. The molecule has 4 aromatic carbocycles. The van der Waals surface area contributed by atoms with E-state index in [1.807, 2.05) is 66.2 Å². The number of nitrogens with zero attached hydrogens (tertiary/aromatic N) is 2. The molecule has 0 unspecified atom stereocenters. The van der Waals surface area contributed by atoms with Crippen molar-refractivity contribution < 1.29 is 18.7 Å². The minimum absolute atomic E-state index is 0.0975. The molecule has 8 heteroatoms. The van der Waals surface area contributed by atoms with Crippen molar-refractivity contribution in [2.75, 3.05) is 7.11 Å². The zero-order valence-electron chi connectivity index (χ0n) is 23.0. The van der Waals surface area contributed by atoms with E-state index in [1.165, 1.54) is 7.11 Å². The molecule has 42 heavy (non-hydrogen) atoms. The Balaban J connectivity index is 1.49. The molecule has 0 aliphatic heterocycles. The van der Waals surface area contributed by atoms with E-state index in [1.54, 1.807) is 48.5 Å². The van der Waals surface area contributed by atoms with Crippen LogP contribution >= 0.6 is 23.2 Å². The average Bonchev–Trinajstić information content (AvgIpc) is 3.42. The molecule has 0 radical (unpaired) electrons. The highest BCUT2D eigenvalue weighted by molar-refractivity contribution is 6.36. The number of ether oxygens (including phenoxy) is 2. The van der Waals surface area contributed by atoms with Crippen molar-refractivity contribution in [3.05, 3.63) is 130 Å². The van der Waals surface area contributed by atoms with Gasteiger partial charge < -0.3 is 14.0 Å². The third kappa shape index (κ3) is 6.40. The molecule has 1 heterocycles. The molecule has 0 saturated carbocycles. The van der Waals surface area contributed by atoms with Crippen LogP contribution in [-0.4, -0.2) is 22.6 Å². The van der Waals surface area contributed by atoms with E-state index < -0.39 is 11.8 Å². The van der Waals surface area contributed by atoms with Gasteiger partial charge in [-0.3, -0.25) is 0 Å². The van der Waals surface area contributed by atoms with Crippen molar-refractivity contribution in [1.29, 1.82) is 0 Å². The van der Waals surface area contributed by atoms with Crippen LogP contribution in [0, 0.1) is 5.82 Å². The molecule has 0 amide bonds. The Bertz CT molecular complexity index is 1750. The van der Waals surface area contributed by atoms with Crippen LogP contribution in [0.3, 0.4) is 0 Å². The third-order valence-corrected chi connectivity index (χ3v) is 7.29. The summed E-state index contributed by atoms with van der Waals surface area (Å²) >= 11 is 12.5. The van der Waals surface area contributed by atoms with Gasteiger partial charge in [-0.15, -0.1) is 0 Å². The molecule has 5 nitrogen and oxygen atoms in total. The summed E-state index contributed by atoms with van der Waals surface area (Å²) in [7, 11) is 1.33. The molecule has 5 aromatic rings. The lowest BCUT2D eigenvalue weighted by Crippen LogP contribution is -2.03. The van der Waals surface area contributed by atoms with E-state index in [-0.39, 0.29) is 12.4 Å². The Hall–Kier alpha value is -4.39. The monoisotopic (exact) mass is 600 g/mol. The van der Waals surface area contributed by atoms with Crippen LogP contribution in [0.2, 0.25) is 10.0 Å². The van der Waals surface area contributed by atoms with Crippen molar-refractivity contribution in [3.63, 3.8) is 0 Å². The molecule has 0 fully saturated rings. The van der Waals surface area contributed by atoms with Gasteiger partial charge in [-0.25, -0.2) is 14.2 Å². The summed E-state index contributed by atoms with van der Waals surface area (Å²) in [6, 6.07) is 25.0. The summed E-state index contributed by atoms with van der Waals surface area (Å²) in [4.78, 5) is 16.6. The Morgan fingerprint density at radius 3 is 2.38 bits per heavy atom. The fourth-order valence-corrected chi connectivity index (χ4v) is 5.01. The van der Waals surface area contributed by atoms with Gasteiger partial charge in [0.2, 0.25) is 0 Å². The fourth-order valence-electron chi connectivity index (χ4n) is 4.51. The maximum Gasteiger partial charge on any atom is 0.337 e. The van der Waals surface area contributed by atoms with Gasteiger partial charge in [-0.05, 0) is 60.5 Å². The second kappa shape index (κ2) is 13.1. The summed E-state index contributed by atoms with van der Waals surface area (Å²) in [5.41, 5.74) is 4.39. The highest BCUT2D eigenvalue weighted by Crippen LogP contribution is 2.35. The predicted molar refractivity (Wildman–Crippen MR) is 166 cm³/mol. The van der Waals surface area contributed by atoms with E-state index in [4.69, 9.17) is 37.7 Å². The van der Waals surface area contributed by atoms with Crippen molar-refractivity contribution in [2.24, 2.45) is 0 Å². The maximum absolute atomic E-state index is 16.0. The largest absolute Gasteiger partial charge is 0.485 e. The number of esters is 1. The number of aromatic nitrogens is 2. The third-order valence-electron chi connectivity index (χ3n) is 6.74. The molecule has 0 atom stereocenters. The number of aryl methyl sites for hydroxylation is 1. The zero-order chi connectivity index (χ0) is 29.6. The van der Waals surface area contributed by atoms with Crippen LogP contribution in [0.15, 0.2) is 91.1 Å².